The molecule has 64 valence electrons. The first-order valence-corrected chi connectivity index (χ1v) is 3.53. The molecular formula is C7H6ClNO3. The zero-order valence-electron chi connectivity index (χ0n) is 6.03. The minimum absolute atomic E-state index is 0.166. The number of carboxylic acid groups (broad SMARTS) is 1. The second-order valence-electron chi connectivity index (χ2n) is 1.97. The van der Waals surface area contributed by atoms with Gasteiger partial charge in [-0.15, -0.1) is 0 Å². The fourth-order valence-electron chi connectivity index (χ4n) is 0.618. The minimum Gasteiger partial charge on any atom is -0.479 e. The van der Waals surface area contributed by atoms with Crippen LogP contribution in [0.25, 0.3) is 0 Å². The molecule has 0 saturated carbocycles. The predicted octanol–water partition coefficient (Wildman–Crippen LogP) is 1.20. The van der Waals surface area contributed by atoms with E-state index >= 15 is 0 Å². The molecule has 0 aliphatic heterocycles. The van der Waals surface area contributed by atoms with Crippen molar-refractivity contribution in [3.05, 3.63) is 23.5 Å². The Balaban J connectivity index is 2.63. The van der Waals surface area contributed by atoms with E-state index in [9.17, 15) is 4.79 Å². The molecule has 1 N–H and O–H groups in total. The molecule has 1 aromatic heterocycles. The molecule has 0 amide bonds. The molecule has 1 heterocycles. The molecule has 0 aliphatic rings. The van der Waals surface area contributed by atoms with Gasteiger partial charge in [0.15, 0.2) is 17.5 Å². The van der Waals surface area contributed by atoms with Crippen LogP contribution in [0, 0.1) is 0 Å². The fourth-order valence-corrected chi connectivity index (χ4v) is 0.792. The maximum absolute atomic E-state index is 10.1. The van der Waals surface area contributed by atoms with E-state index in [1.54, 1.807) is 12.1 Å². The molecule has 0 spiro atoms. The van der Waals surface area contributed by atoms with Crippen molar-refractivity contribution in [2.75, 3.05) is 6.61 Å². The van der Waals surface area contributed by atoms with E-state index in [1.807, 2.05) is 0 Å². The van der Waals surface area contributed by atoms with E-state index in [0.717, 1.165) is 0 Å². The summed E-state index contributed by atoms with van der Waals surface area (Å²) in [5.41, 5.74) is 0. The maximum atomic E-state index is 10.1. The molecular weight excluding hydrogens is 182 g/mol. The van der Waals surface area contributed by atoms with Gasteiger partial charge in [-0.05, 0) is 12.1 Å². The molecule has 12 heavy (non-hydrogen) atoms. The molecule has 0 radical (unpaired) electrons. The number of aromatic nitrogens is 1. The zero-order chi connectivity index (χ0) is 8.97. The summed E-state index contributed by atoms with van der Waals surface area (Å²) in [4.78, 5) is 13.8. The van der Waals surface area contributed by atoms with Crippen molar-refractivity contribution in [2.24, 2.45) is 0 Å². The van der Waals surface area contributed by atoms with E-state index in [0.29, 0.717) is 0 Å². The highest BCUT2D eigenvalue weighted by molar-refractivity contribution is 6.30. The molecule has 0 saturated heterocycles. The van der Waals surface area contributed by atoms with Crippen LogP contribution in [0.15, 0.2) is 18.3 Å². The lowest BCUT2D eigenvalue weighted by atomic mass is 10.5. The van der Waals surface area contributed by atoms with Gasteiger partial charge in [0.25, 0.3) is 0 Å². The summed E-state index contributed by atoms with van der Waals surface area (Å²) in [7, 11) is 0. The molecule has 4 nitrogen and oxygen atoms in total. The zero-order valence-corrected chi connectivity index (χ0v) is 6.78. The third kappa shape index (κ3) is 2.39. The van der Waals surface area contributed by atoms with Gasteiger partial charge in [0.1, 0.15) is 0 Å². The minimum atomic E-state index is -1.05. The van der Waals surface area contributed by atoms with Crippen LogP contribution in [0.5, 0.6) is 5.75 Å². The Kier molecular flexibility index (Phi) is 2.88. The highest BCUT2D eigenvalue weighted by atomic mass is 35.5. The maximum Gasteiger partial charge on any atom is 0.341 e. The number of carboxylic acids is 1. The van der Waals surface area contributed by atoms with E-state index in [2.05, 4.69) is 4.98 Å². The first-order valence-electron chi connectivity index (χ1n) is 3.15. The second kappa shape index (κ2) is 3.92. The fraction of sp³-hybridized carbons (Fsp3) is 0.143. The lowest BCUT2D eigenvalue weighted by Crippen LogP contribution is -2.09. The average molecular weight is 188 g/mol. The molecule has 0 aromatic carbocycles. The van der Waals surface area contributed by atoms with Crippen molar-refractivity contribution in [1.82, 2.24) is 4.98 Å². The van der Waals surface area contributed by atoms with E-state index < -0.39 is 12.6 Å². The molecule has 5 heteroatoms. The average Bonchev–Trinajstić information content (AvgIpc) is 2.03. The Morgan fingerprint density at radius 1 is 1.75 bits per heavy atom. The number of nitrogens with zero attached hydrogens (tertiary/aromatic N) is 1. The summed E-state index contributed by atoms with van der Waals surface area (Å²) >= 11 is 5.58. The quantitative estimate of drug-likeness (QED) is 0.723. The predicted molar refractivity (Wildman–Crippen MR) is 42.4 cm³/mol. The molecule has 0 fully saturated rings. The Labute approximate surface area is 73.8 Å². The van der Waals surface area contributed by atoms with Gasteiger partial charge in [0.05, 0.1) is 0 Å². The van der Waals surface area contributed by atoms with Crippen LogP contribution in [0.4, 0.5) is 0 Å². The number of halogens is 1. The van der Waals surface area contributed by atoms with Crippen LogP contribution in [-0.4, -0.2) is 22.7 Å². The third-order valence-electron chi connectivity index (χ3n) is 1.08. The Bertz CT molecular complexity index is 290. The van der Waals surface area contributed by atoms with Crippen molar-refractivity contribution < 1.29 is 14.6 Å². The third-order valence-corrected chi connectivity index (χ3v) is 1.36. The molecule has 1 rings (SSSR count). The van der Waals surface area contributed by atoms with E-state index in [-0.39, 0.29) is 10.9 Å². The van der Waals surface area contributed by atoms with E-state index in [1.165, 1.54) is 6.20 Å². The summed E-state index contributed by atoms with van der Waals surface area (Å²) in [5.74, 6) is -0.767. The number of carbonyl (C=O) groups is 1. The molecule has 0 bridgehead atoms. The second-order valence-corrected chi connectivity index (χ2v) is 2.33. The topological polar surface area (TPSA) is 59.4 Å². The Morgan fingerprint density at radius 3 is 3.08 bits per heavy atom. The molecule has 0 atom stereocenters. The van der Waals surface area contributed by atoms with Crippen LogP contribution >= 0.6 is 11.6 Å². The monoisotopic (exact) mass is 187 g/mol. The highest BCUT2D eigenvalue weighted by Gasteiger charge is 2.03. The SMILES string of the molecule is O=C(O)COc1cccnc1Cl. The molecule has 0 unspecified atom stereocenters. The van der Waals surface area contributed by atoms with Crippen LogP contribution in [0.2, 0.25) is 5.15 Å². The van der Waals surface area contributed by atoms with Crippen molar-refractivity contribution in [2.45, 2.75) is 0 Å². The summed E-state index contributed by atoms with van der Waals surface area (Å²) in [6, 6.07) is 3.17. The standard InChI is InChI=1S/C7H6ClNO3/c8-7-5(2-1-3-9-7)12-4-6(10)11/h1-3H,4H2,(H,10,11). The lowest BCUT2D eigenvalue weighted by molar-refractivity contribution is -0.139. The highest BCUT2D eigenvalue weighted by Crippen LogP contribution is 2.19. The van der Waals surface area contributed by atoms with Crippen LogP contribution in [-0.2, 0) is 4.79 Å². The first kappa shape index (κ1) is 8.80. The lowest BCUT2D eigenvalue weighted by Gasteiger charge is -2.02. The van der Waals surface area contributed by atoms with Crippen LogP contribution < -0.4 is 4.74 Å². The normalized spacial score (nSPS) is 9.42. The van der Waals surface area contributed by atoms with Gasteiger partial charge in [0.2, 0.25) is 0 Å². The molecule has 1 aromatic rings. The van der Waals surface area contributed by atoms with Crippen molar-refractivity contribution in [3.8, 4) is 5.75 Å². The Morgan fingerprint density at radius 2 is 2.50 bits per heavy atom. The van der Waals surface area contributed by atoms with Gasteiger partial charge in [0, 0.05) is 6.20 Å². The number of hydrogen-bond acceptors (Lipinski definition) is 3. The number of hydrogen-bond donors (Lipinski definition) is 1. The summed E-state index contributed by atoms with van der Waals surface area (Å²) in [6.45, 7) is -0.411. The van der Waals surface area contributed by atoms with E-state index in [4.69, 9.17) is 21.4 Å². The van der Waals surface area contributed by atoms with Crippen LogP contribution in [0.1, 0.15) is 0 Å². The van der Waals surface area contributed by atoms with Gasteiger partial charge in [-0.1, -0.05) is 11.6 Å². The molecule has 0 aliphatic carbocycles. The van der Waals surface area contributed by atoms with Gasteiger partial charge < -0.3 is 9.84 Å². The number of rotatable bonds is 3. The van der Waals surface area contributed by atoms with Gasteiger partial charge in [-0.3, -0.25) is 0 Å². The summed E-state index contributed by atoms with van der Waals surface area (Å²) < 4.78 is 4.80. The Hall–Kier alpha value is -1.29. The summed E-state index contributed by atoms with van der Waals surface area (Å²) in [6.07, 6.45) is 1.50. The van der Waals surface area contributed by atoms with Crippen molar-refractivity contribution >= 4 is 17.6 Å². The summed E-state index contributed by atoms with van der Waals surface area (Å²) in [5, 5.41) is 8.44. The first-order chi connectivity index (χ1) is 5.70. The van der Waals surface area contributed by atoms with Crippen molar-refractivity contribution in [1.29, 1.82) is 0 Å². The smallest absolute Gasteiger partial charge is 0.341 e. The largest absolute Gasteiger partial charge is 0.479 e. The van der Waals surface area contributed by atoms with Crippen molar-refractivity contribution in [3.63, 3.8) is 0 Å². The number of ether oxygens (including phenoxy) is 1. The van der Waals surface area contributed by atoms with Gasteiger partial charge in [-0.25, -0.2) is 9.78 Å². The van der Waals surface area contributed by atoms with Crippen LogP contribution in [0.3, 0.4) is 0 Å². The number of pyridine rings is 1. The van der Waals surface area contributed by atoms with Gasteiger partial charge in [-0.2, -0.15) is 0 Å². The van der Waals surface area contributed by atoms with Gasteiger partial charge >= 0.3 is 5.97 Å². The number of aliphatic carboxylic acids is 1.